The topological polar surface area (TPSA) is 65.5 Å². The van der Waals surface area contributed by atoms with Gasteiger partial charge in [0.25, 0.3) is 0 Å². The van der Waals surface area contributed by atoms with E-state index in [4.69, 9.17) is 4.98 Å². The maximum Gasteiger partial charge on any atom is 0.227 e. The number of rotatable bonds is 5. The van der Waals surface area contributed by atoms with Crippen molar-refractivity contribution in [2.75, 3.05) is 49.6 Å². The quantitative estimate of drug-likeness (QED) is 0.811. The first-order valence-corrected chi connectivity index (χ1v) is 8.99. The lowest BCUT2D eigenvalue weighted by Gasteiger charge is -2.34. The molecule has 1 aliphatic rings. The number of aromatic nitrogens is 3. The van der Waals surface area contributed by atoms with Gasteiger partial charge in [-0.15, -0.1) is 0 Å². The molecule has 7 nitrogen and oxygen atoms in total. The van der Waals surface area contributed by atoms with E-state index in [-0.39, 0.29) is 5.91 Å². The van der Waals surface area contributed by atoms with Crippen molar-refractivity contribution in [1.82, 2.24) is 19.9 Å². The molecule has 0 N–H and O–H groups in total. The Hall–Kier alpha value is -2.70. The fraction of sp³-hybridized carbons (Fsp3) is 0.474. The minimum atomic E-state index is 0.131. The summed E-state index contributed by atoms with van der Waals surface area (Å²) in [6.45, 7) is 7.47. The van der Waals surface area contributed by atoms with Gasteiger partial charge in [-0.1, -0.05) is 0 Å². The van der Waals surface area contributed by atoms with Crippen LogP contribution >= 0.6 is 0 Å². The first kappa shape index (κ1) is 18.1. The van der Waals surface area contributed by atoms with Gasteiger partial charge >= 0.3 is 0 Å². The van der Waals surface area contributed by atoms with Crippen LogP contribution in [0.5, 0.6) is 0 Å². The highest BCUT2D eigenvalue weighted by molar-refractivity contribution is 5.73. The van der Waals surface area contributed by atoms with Gasteiger partial charge in [-0.3, -0.25) is 9.78 Å². The summed E-state index contributed by atoms with van der Waals surface area (Å²) in [6, 6.07) is 6.10. The monoisotopic (exact) mass is 354 g/mol. The van der Waals surface area contributed by atoms with E-state index in [9.17, 15) is 4.79 Å². The van der Waals surface area contributed by atoms with E-state index in [1.165, 1.54) is 5.56 Å². The third-order valence-corrected chi connectivity index (χ3v) is 4.71. The molecule has 0 atom stereocenters. The average molecular weight is 354 g/mol. The van der Waals surface area contributed by atoms with Gasteiger partial charge in [0, 0.05) is 70.8 Å². The van der Waals surface area contributed by atoms with Crippen LogP contribution in [0.4, 0.5) is 11.8 Å². The number of likely N-dealkylation sites (N-methyl/N-ethyl adjacent to an activating group) is 1. The number of carbonyl (C=O) groups is 1. The van der Waals surface area contributed by atoms with E-state index < -0.39 is 0 Å². The molecule has 138 valence electrons. The predicted octanol–water partition coefficient (Wildman–Crippen LogP) is 1.53. The molecule has 3 heterocycles. The number of carbonyl (C=O) groups excluding carboxylic acids is 1. The summed E-state index contributed by atoms with van der Waals surface area (Å²) in [5.41, 5.74) is 2.22. The van der Waals surface area contributed by atoms with Crippen molar-refractivity contribution in [1.29, 1.82) is 0 Å². The van der Waals surface area contributed by atoms with Crippen LogP contribution in [0.2, 0.25) is 0 Å². The standard InChI is InChI=1S/C19H26N6O/c1-15-14-18(23(3)9-6-17-4-7-20-8-5-17)22-19(21-15)25-12-10-24(11-13-25)16(2)26/h4-5,7-8,14H,6,9-13H2,1-3H3. The van der Waals surface area contributed by atoms with Crippen molar-refractivity contribution in [2.24, 2.45) is 0 Å². The second kappa shape index (κ2) is 8.12. The average Bonchev–Trinajstić information content (AvgIpc) is 2.66. The maximum atomic E-state index is 11.5. The first-order chi connectivity index (χ1) is 12.5. The number of amides is 1. The van der Waals surface area contributed by atoms with E-state index >= 15 is 0 Å². The number of aryl methyl sites for hydroxylation is 1. The Bertz CT molecular complexity index is 743. The minimum Gasteiger partial charge on any atom is -0.359 e. The van der Waals surface area contributed by atoms with Gasteiger partial charge in [-0.2, -0.15) is 4.98 Å². The fourth-order valence-corrected chi connectivity index (χ4v) is 3.06. The molecule has 3 rings (SSSR count). The molecule has 2 aromatic rings. The second-order valence-electron chi connectivity index (χ2n) is 6.69. The van der Waals surface area contributed by atoms with Gasteiger partial charge in [-0.25, -0.2) is 4.98 Å². The lowest BCUT2D eigenvalue weighted by atomic mass is 10.2. The Kier molecular flexibility index (Phi) is 5.65. The zero-order valence-corrected chi connectivity index (χ0v) is 15.7. The van der Waals surface area contributed by atoms with Crippen LogP contribution in [-0.2, 0) is 11.2 Å². The molecule has 1 saturated heterocycles. The van der Waals surface area contributed by atoms with Crippen molar-refractivity contribution in [3.63, 3.8) is 0 Å². The molecule has 7 heteroatoms. The van der Waals surface area contributed by atoms with Crippen LogP contribution < -0.4 is 9.80 Å². The van der Waals surface area contributed by atoms with Crippen molar-refractivity contribution in [2.45, 2.75) is 20.3 Å². The Morgan fingerprint density at radius 1 is 1.15 bits per heavy atom. The number of piperazine rings is 1. The first-order valence-electron chi connectivity index (χ1n) is 8.99. The number of hydrogen-bond acceptors (Lipinski definition) is 6. The van der Waals surface area contributed by atoms with E-state index in [1.54, 1.807) is 6.92 Å². The maximum absolute atomic E-state index is 11.5. The Balaban J connectivity index is 1.66. The molecule has 2 aromatic heterocycles. The number of nitrogens with zero attached hydrogens (tertiary/aromatic N) is 6. The van der Waals surface area contributed by atoms with Gasteiger partial charge in [0.15, 0.2) is 0 Å². The SMILES string of the molecule is CC(=O)N1CCN(c2nc(C)cc(N(C)CCc3ccncc3)n2)CC1. The summed E-state index contributed by atoms with van der Waals surface area (Å²) >= 11 is 0. The Labute approximate surface area is 154 Å². The summed E-state index contributed by atoms with van der Waals surface area (Å²) in [6.07, 6.45) is 4.58. The number of pyridine rings is 1. The third-order valence-electron chi connectivity index (χ3n) is 4.71. The highest BCUT2D eigenvalue weighted by atomic mass is 16.2. The molecular weight excluding hydrogens is 328 g/mol. The van der Waals surface area contributed by atoms with E-state index in [2.05, 4.69) is 26.8 Å². The minimum absolute atomic E-state index is 0.131. The van der Waals surface area contributed by atoms with Crippen LogP contribution in [0, 0.1) is 6.92 Å². The van der Waals surface area contributed by atoms with Crippen molar-refractivity contribution < 1.29 is 4.79 Å². The molecular formula is C19H26N6O. The van der Waals surface area contributed by atoms with Crippen LogP contribution in [-0.4, -0.2) is 65.5 Å². The van der Waals surface area contributed by atoms with Gasteiger partial charge < -0.3 is 14.7 Å². The molecule has 1 fully saturated rings. The second-order valence-corrected chi connectivity index (χ2v) is 6.69. The predicted molar refractivity (Wildman–Crippen MR) is 102 cm³/mol. The van der Waals surface area contributed by atoms with Crippen LogP contribution in [0.15, 0.2) is 30.6 Å². The Morgan fingerprint density at radius 3 is 2.50 bits per heavy atom. The number of anilines is 2. The number of hydrogen-bond donors (Lipinski definition) is 0. The summed E-state index contributed by atoms with van der Waals surface area (Å²) in [7, 11) is 2.06. The van der Waals surface area contributed by atoms with Crippen LogP contribution in [0.1, 0.15) is 18.2 Å². The molecule has 0 radical (unpaired) electrons. The van der Waals surface area contributed by atoms with Crippen molar-refractivity contribution >= 4 is 17.7 Å². The van der Waals surface area contributed by atoms with Gasteiger partial charge in [-0.05, 0) is 31.0 Å². The van der Waals surface area contributed by atoms with Crippen molar-refractivity contribution in [3.05, 3.63) is 41.9 Å². The van der Waals surface area contributed by atoms with Gasteiger partial charge in [0.05, 0.1) is 0 Å². The molecule has 0 aliphatic carbocycles. The van der Waals surface area contributed by atoms with Crippen LogP contribution in [0.3, 0.4) is 0 Å². The molecule has 0 saturated carbocycles. The zero-order valence-electron chi connectivity index (χ0n) is 15.7. The van der Waals surface area contributed by atoms with Gasteiger partial charge in [0.2, 0.25) is 11.9 Å². The molecule has 0 aromatic carbocycles. The lowest BCUT2D eigenvalue weighted by Crippen LogP contribution is -2.48. The molecule has 0 unspecified atom stereocenters. The normalized spacial score (nSPS) is 14.4. The molecule has 0 bridgehead atoms. The van der Waals surface area contributed by atoms with Crippen molar-refractivity contribution in [3.8, 4) is 0 Å². The van der Waals surface area contributed by atoms with Gasteiger partial charge in [0.1, 0.15) is 5.82 Å². The molecule has 0 spiro atoms. The lowest BCUT2D eigenvalue weighted by molar-refractivity contribution is -0.129. The molecule has 26 heavy (non-hydrogen) atoms. The smallest absolute Gasteiger partial charge is 0.227 e. The summed E-state index contributed by atoms with van der Waals surface area (Å²) < 4.78 is 0. The van der Waals surface area contributed by atoms with E-state index in [1.807, 2.05) is 42.4 Å². The zero-order chi connectivity index (χ0) is 18.5. The fourth-order valence-electron chi connectivity index (χ4n) is 3.06. The third kappa shape index (κ3) is 4.47. The summed E-state index contributed by atoms with van der Waals surface area (Å²) in [5, 5.41) is 0. The molecule has 1 aliphatic heterocycles. The summed E-state index contributed by atoms with van der Waals surface area (Å²) in [4.78, 5) is 31.1. The summed E-state index contributed by atoms with van der Waals surface area (Å²) in [5.74, 6) is 1.81. The highest BCUT2D eigenvalue weighted by Gasteiger charge is 2.21. The van der Waals surface area contributed by atoms with E-state index in [0.717, 1.165) is 56.6 Å². The van der Waals surface area contributed by atoms with E-state index in [0.29, 0.717) is 0 Å². The largest absolute Gasteiger partial charge is 0.359 e. The van der Waals surface area contributed by atoms with Crippen LogP contribution in [0.25, 0.3) is 0 Å². The Morgan fingerprint density at radius 2 is 1.85 bits per heavy atom. The highest BCUT2D eigenvalue weighted by Crippen LogP contribution is 2.18. The molecule has 1 amide bonds.